The number of rotatable bonds is 9. The number of ether oxygens (including phenoxy) is 1. The number of allylic oxidation sites excluding steroid dienone is 4. The largest absolute Gasteiger partial charge is 0.376 e. The Morgan fingerprint density at radius 2 is 2.10 bits per heavy atom. The zero-order valence-corrected chi connectivity index (χ0v) is 21.2. The third kappa shape index (κ3) is 7.69. The quantitative estimate of drug-likeness (QED) is 0.270. The predicted molar refractivity (Wildman–Crippen MR) is 135 cm³/mol. The van der Waals surface area contributed by atoms with Crippen LogP contribution in [0.2, 0.25) is 0 Å². The van der Waals surface area contributed by atoms with E-state index in [9.17, 15) is 4.79 Å². The van der Waals surface area contributed by atoms with Crippen molar-refractivity contribution in [2.75, 3.05) is 6.61 Å². The Kier molecular flexibility index (Phi) is 9.64. The number of ketones is 1. The first-order chi connectivity index (χ1) is 14.7. The van der Waals surface area contributed by atoms with Crippen molar-refractivity contribution < 1.29 is 9.53 Å². The summed E-state index contributed by atoms with van der Waals surface area (Å²) in [5.74, 6) is 0.471. The number of halogens is 1. The highest BCUT2D eigenvalue weighted by atomic mass is 79.9. The van der Waals surface area contributed by atoms with Crippen LogP contribution in [0, 0.1) is 11.8 Å². The smallest absolute Gasteiger partial charge is 0.184 e. The van der Waals surface area contributed by atoms with Gasteiger partial charge in [-0.1, -0.05) is 52.9 Å². The lowest BCUT2D eigenvalue weighted by molar-refractivity contribution is -0.121. The monoisotopic (exact) mass is 485 g/mol. The molecule has 0 bridgehead atoms. The van der Waals surface area contributed by atoms with Crippen LogP contribution in [0.3, 0.4) is 0 Å². The molecule has 2 unspecified atom stereocenters. The summed E-state index contributed by atoms with van der Waals surface area (Å²) in [6, 6.07) is 6.25. The lowest BCUT2D eigenvalue weighted by Gasteiger charge is -2.36. The Hall–Kier alpha value is -1.78. The molecule has 2 rings (SSSR count). The van der Waals surface area contributed by atoms with Gasteiger partial charge in [-0.15, -0.1) is 0 Å². The van der Waals surface area contributed by atoms with Crippen LogP contribution in [0.1, 0.15) is 65.0 Å². The number of aliphatic imine (C=N–C) groups is 1. The molecule has 31 heavy (non-hydrogen) atoms. The molecule has 2 atom stereocenters. The molecule has 1 saturated heterocycles. The van der Waals surface area contributed by atoms with E-state index in [1.807, 2.05) is 39.0 Å². The Balaban J connectivity index is 2.29. The van der Waals surface area contributed by atoms with Gasteiger partial charge in [-0.05, 0) is 89.0 Å². The third-order valence-corrected chi connectivity index (χ3v) is 6.63. The van der Waals surface area contributed by atoms with Gasteiger partial charge in [0.1, 0.15) is 5.70 Å². The van der Waals surface area contributed by atoms with Crippen LogP contribution < -0.4 is 0 Å². The highest BCUT2D eigenvalue weighted by Crippen LogP contribution is 2.35. The summed E-state index contributed by atoms with van der Waals surface area (Å²) >= 11 is 3.63. The van der Waals surface area contributed by atoms with E-state index in [0.717, 1.165) is 47.0 Å². The summed E-state index contributed by atoms with van der Waals surface area (Å²) in [5.41, 5.74) is 3.65. The number of benzene rings is 1. The maximum Gasteiger partial charge on any atom is 0.184 e. The van der Waals surface area contributed by atoms with Crippen molar-refractivity contribution in [3.8, 4) is 0 Å². The number of Topliss-reactive ketones (excluding diaryl/α,β-unsaturated/α-hetero) is 1. The van der Waals surface area contributed by atoms with E-state index >= 15 is 0 Å². The first-order valence-electron chi connectivity index (χ1n) is 11.1. The topological polar surface area (TPSA) is 38.7 Å². The van der Waals surface area contributed by atoms with Gasteiger partial charge in [0.15, 0.2) is 5.78 Å². The van der Waals surface area contributed by atoms with Crippen LogP contribution in [0.5, 0.6) is 0 Å². The fraction of sp³-hybridized carbons (Fsp3) is 0.481. The standard InChI is InChI=1S/C27H36BrNO2/c1-7-19(4)18-29-25(9-3)26(30)23(15-21-12-13-31-27(5,6)17-21)14-20-10-11-22(8-2)24(28)16-20/h7-11,16,18,21,23H,2,12-15,17H2,1,3-6H3/b19-7-,25-9-,29-18-. The molecule has 0 saturated carbocycles. The predicted octanol–water partition coefficient (Wildman–Crippen LogP) is 7.36. The van der Waals surface area contributed by atoms with Crippen LogP contribution in [-0.4, -0.2) is 24.2 Å². The van der Waals surface area contributed by atoms with Crippen LogP contribution in [0.4, 0.5) is 0 Å². The lowest BCUT2D eigenvalue weighted by atomic mass is 9.78. The van der Waals surface area contributed by atoms with Gasteiger partial charge in [0, 0.05) is 23.2 Å². The van der Waals surface area contributed by atoms with Gasteiger partial charge in [0.2, 0.25) is 0 Å². The van der Waals surface area contributed by atoms with Gasteiger partial charge in [0.05, 0.1) is 5.60 Å². The number of hydrogen-bond donors (Lipinski definition) is 0. The van der Waals surface area contributed by atoms with E-state index in [-0.39, 0.29) is 17.3 Å². The first-order valence-corrected chi connectivity index (χ1v) is 11.9. The Labute approximate surface area is 196 Å². The Morgan fingerprint density at radius 3 is 2.68 bits per heavy atom. The van der Waals surface area contributed by atoms with Crippen molar-refractivity contribution in [1.82, 2.24) is 0 Å². The summed E-state index contributed by atoms with van der Waals surface area (Å²) in [6.07, 6.45) is 10.9. The van der Waals surface area contributed by atoms with Crippen LogP contribution in [-0.2, 0) is 16.0 Å². The summed E-state index contributed by atoms with van der Waals surface area (Å²) in [5, 5.41) is 0. The molecular formula is C27H36BrNO2. The van der Waals surface area contributed by atoms with Crippen molar-refractivity contribution in [1.29, 1.82) is 0 Å². The molecule has 0 aliphatic carbocycles. The highest BCUT2D eigenvalue weighted by Gasteiger charge is 2.33. The van der Waals surface area contributed by atoms with Gasteiger partial charge < -0.3 is 4.74 Å². The molecule has 0 N–H and O–H groups in total. The molecule has 1 heterocycles. The Morgan fingerprint density at radius 1 is 1.35 bits per heavy atom. The average Bonchev–Trinajstić information content (AvgIpc) is 2.72. The number of carbonyl (C=O) groups excluding carboxylic acids is 1. The normalized spacial score (nSPS) is 20.6. The molecule has 0 radical (unpaired) electrons. The minimum Gasteiger partial charge on any atom is -0.376 e. The van der Waals surface area contributed by atoms with E-state index in [4.69, 9.17) is 4.74 Å². The van der Waals surface area contributed by atoms with Crippen molar-refractivity contribution in [3.63, 3.8) is 0 Å². The Bertz CT molecular complexity index is 879. The summed E-state index contributed by atoms with van der Waals surface area (Å²) in [4.78, 5) is 18.1. The van der Waals surface area contributed by atoms with Crippen LogP contribution in [0.15, 0.2) is 57.7 Å². The van der Waals surface area contributed by atoms with Gasteiger partial charge in [-0.2, -0.15) is 0 Å². The molecule has 4 heteroatoms. The van der Waals surface area contributed by atoms with E-state index in [2.05, 4.69) is 59.5 Å². The fourth-order valence-electron chi connectivity index (χ4n) is 4.13. The van der Waals surface area contributed by atoms with Crippen LogP contribution in [0.25, 0.3) is 6.08 Å². The average molecular weight is 486 g/mol. The van der Waals surface area contributed by atoms with Crippen LogP contribution >= 0.6 is 15.9 Å². The number of carbonyl (C=O) groups is 1. The zero-order valence-electron chi connectivity index (χ0n) is 19.6. The SMILES string of the molecule is C=Cc1ccc(CC(CC2CCOC(C)(C)C2)C(=O)C(=C/C)/N=C\C(C)=C/C)cc1Br. The number of nitrogens with zero attached hydrogens (tertiary/aromatic N) is 1. The van der Waals surface area contributed by atoms with Gasteiger partial charge in [0.25, 0.3) is 0 Å². The minimum atomic E-state index is -0.129. The molecule has 1 aliphatic rings. The number of hydrogen-bond acceptors (Lipinski definition) is 3. The molecule has 1 aromatic carbocycles. The summed E-state index contributed by atoms with van der Waals surface area (Å²) in [7, 11) is 0. The summed E-state index contributed by atoms with van der Waals surface area (Å²) in [6.45, 7) is 14.7. The minimum absolute atomic E-state index is 0.116. The molecule has 0 spiro atoms. The molecule has 3 nitrogen and oxygen atoms in total. The van der Waals surface area contributed by atoms with E-state index in [1.165, 1.54) is 0 Å². The van der Waals surface area contributed by atoms with Gasteiger partial charge in [-0.25, -0.2) is 0 Å². The second-order valence-corrected chi connectivity index (χ2v) is 9.85. The molecule has 1 aromatic rings. The van der Waals surface area contributed by atoms with Gasteiger partial charge >= 0.3 is 0 Å². The zero-order chi connectivity index (χ0) is 23.0. The van der Waals surface area contributed by atoms with E-state index < -0.39 is 0 Å². The van der Waals surface area contributed by atoms with E-state index in [0.29, 0.717) is 18.0 Å². The molecule has 0 aromatic heterocycles. The second-order valence-electron chi connectivity index (χ2n) is 8.99. The third-order valence-electron chi connectivity index (χ3n) is 5.94. The molecule has 168 valence electrons. The maximum absolute atomic E-state index is 13.6. The lowest BCUT2D eigenvalue weighted by Crippen LogP contribution is -2.35. The van der Waals surface area contributed by atoms with E-state index in [1.54, 1.807) is 6.21 Å². The van der Waals surface area contributed by atoms with Gasteiger partial charge in [-0.3, -0.25) is 9.79 Å². The molecule has 1 fully saturated rings. The van der Waals surface area contributed by atoms with Crippen molar-refractivity contribution in [2.24, 2.45) is 16.8 Å². The maximum atomic E-state index is 13.6. The van der Waals surface area contributed by atoms with Crippen molar-refractivity contribution in [3.05, 3.63) is 63.8 Å². The molecule has 0 amide bonds. The van der Waals surface area contributed by atoms with Crippen molar-refractivity contribution >= 4 is 34.0 Å². The molecule has 1 aliphatic heterocycles. The first kappa shape index (κ1) is 25.5. The van der Waals surface area contributed by atoms with Crippen molar-refractivity contribution in [2.45, 2.75) is 65.9 Å². The fourth-order valence-corrected chi connectivity index (χ4v) is 4.72. The second kappa shape index (κ2) is 11.7. The highest BCUT2D eigenvalue weighted by molar-refractivity contribution is 9.10. The summed E-state index contributed by atoms with van der Waals surface area (Å²) < 4.78 is 6.91. The molecular weight excluding hydrogens is 450 g/mol.